The smallest absolute Gasteiger partial charge is 0.357 e. The average molecular weight is 679 g/mol. The Hall–Kier alpha value is -5.02. The maximum Gasteiger partial charge on any atom is 0.357 e. The molecule has 3 heterocycles. The molecule has 0 bridgehead atoms. The molecule has 1 N–H and O–H groups in total. The van der Waals surface area contributed by atoms with E-state index in [9.17, 15) is 24.0 Å². The van der Waals surface area contributed by atoms with Crippen LogP contribution in [0.5, 0.6) is 0 Å². The molecule has 2 amide bonds. The Morgan fingerprint density at radius 3 is 2.30 bits per heavy atom. The first-order valence-corrected chi connectivity index (χ1v) is 16.5. The van der Waals surface area contributed by atoms with Gasteiger partial charge in [-0.2, -0.15) is 0 Å². The Labute approximate surface area is 277 Å². The van der Waals surface area contributed by atoms with Crippen LogP contribution in [0.15, 0.2) is 88.5 Å². The Bertz CT molecular complexity index is 1630. The highest BCUT2D eigenvalue weighted by molar-refractivity contribution is 8.00. The van der Waals surface area contributed by atoms with Crippen molar-refractivity contribution in [2.24, 2.45) is 5.16 Å². The second-order valence-electron chi connectivity index (χ2n) is 10.1. The van der Waals surface area contributed by atoms with Crippen molar-refractivity contribution in [1.29, 1.82) is 0 Å². The predicted octanol–water partition coefficient (Wildman–Crippen LogP) is 3.32. The number of benzene rings is 2. The van der Waals surface area contributed by atoms with E-state index in [2.05, 4.69) is 15.5 Å². The van der Waals surface area contributed by atoms with Crippen LogP contribution in [0.4, 0.5) is 0 Å². The van der Waals surface area contributed by atoms with Gasteiger partial charge < -0.3 is 24.4 Å². The summed E-state index contributed by atoms with van der Waals surface area (Å²) < 4.78 is 15.9. The lowest BCUT2D eigenvalue weighted by Crippen LogP contribution is -2.70. The van der Waals surface area contributed by atoms with Gasteiger partial charge in [0.15, 0.2) is 11.8 Å². The van der Waals surface area contributed by atoms with E-state index < -0.39 is 60.1 Å². The highest BCUT2D eigenvalue weighted by Gasteiger charge is 2.53. The van der Waals surface area contributed by atoms with Crippen LogP contribution >= 0.6 is 23.1 Å². The lowest BCUT2D eigenvalue weighted by molar-refractivity contribution is -0.184. The zero-order chi connectivity index (χ0) is 33.3. The zero-order valence-electron chi connectivity index (χ0n) is 25.3. The maximum absolute atomic E-state index is 13.4. The number of hydrogen-bond acceptors (Lipinski definition) is 13. The first-order chi connectivity index (χ1) is 22.8. The highest BCUT2D eigenvalue weighted by Crippen LogP contribution is 2.38. The molecule has 1 aromatic heterocycles. The van der Waals surface area contributed by atoms with E-state index in [1.54, 1.807) is 12.3 Å². The standard InChI is InChI=1S/C32H30N4O9S2/c1-3-24(37)43-19(2)44-32(41)23-14-15-47-31-27(30(40)36(23)31)34-29(39)26(22-17-46-18-33-22)35-42-16-25(38)45-28(20-10-6-4-7-11-20)21-12-8-5-9-13-21/h4-14,17-19,27-28,31H,3,15-16H2,1-2H3,(H,34,39)/t19?,27?,31-/m0/s1. The van der Waals surface area contributed by atoms with Gasteiger partial charge in [0.1, 0.15) is 22.8 Å². The van der Waals surface area contributed by atoms with Crippen molar-refractivity contribution in [3.05, 3.63) is 100 Å². The van der Waals surface area contributed by atoms with Crippen LogP contribution in [0.1, 0.15) is 43.2 Å². The molecule has 15 heteroatoms. The van der Waals surface area contributed by atoms with Crippen molar-refractivity contribution in [2.75, 3.05) is 12.4 Å². The normalized spacial score (nSPS) is 17.9. The largest absolute Gasteiger partial charge is 0.450 e. The van der Waals surface area contributed by atoms with E-state index in [1.807, 2.05) is 60.7 Å². The number of aromatic nitrogens is 1. The van der Waals surface area contributed by atoms with Gasteiger partial charge in [-0.3, -0.25) is 19.3 Å². The van der Waals surface area contributed by atoms with Gasteiger partial charge in [-0.05, 0) is 17.2 Å². The fourth-order valence-electron chi connectivity index (χ4n) is 4.68. The number of β-lactam (4-membered cyclic amide) rings is 1. The molecule has 3 aromatic rings. The minimum absolute atomic E-state index is 0.0109. The Balaban J connectivity index is 1.22. The predicted molar refractivity (Wildman–Crippen MR) is 170 cm³/mol. The maximum atomic E-state index is 13.4. The number of nitrogens with one attached hydrogen (secondary N) is 1. The lowest BCUT2D eigenvalue weighted by atomic mass is 10.0. The summed E-state index contributed by atoms with van der Waals surface area (Å²) in [6.45, 7) is 2.40. The van der Waals surface area contributed by atoms with E-state index in [-0.39, 0.29) is 23.5 Å². The number of thiazole rings is 1. The summed E-state index contributed by atoms with van der Waals surface area (Å²) >= 11 is 2.54. The van der Waals surface area contributed by atoms with Gasteiger partial charge in [-0.1, -0.05) is 72.7 Å². The number of amides is 2. The van der Waals surface area contributed by atoms with E-state index in [0.717, 1.165) is 11.1 Å². The Morgan fingerprint density at radius 2 is 1.68 bits per heavy atom. The van der Waals surface area contributed by atoms with E-state index in [0.29, 0.717) is 5.75 Å². The fourth-order valence-corrected chi connectivity index (χ4v) is 6.41. The molecule has 2 unspecified atom stereocenters. The second kappa shape index (κ2) is 15.5. The summed E-state index contributed by atoms with van der Waals surface area (Å²) in [5, 5.41) is 7.49. The quantitative estimate of drug-likeness (QED) is 0.0928. The number of nitrogens with zero attached hydrogens (tertiary/aromatic N) is 3. The van der Waals surface area contributed by atoms with Crippen molar-refractivity contribution in [2.45, 2.75) is 44.1 Å². The van der Waals surface area contributed by atoms with Crippen LogP contribution < -0.4 is 5.32 Å². The van der Waals surface area contributed by atoms with Gasteiger partial charge in [0, 0.05) is 24.5 Å². The summed E-state index contributed by atoms with van der Waals surface area (Å²) in [6.07, 6.45) is -0.194. The third-order valence-electron chi connectivity index (χ3n) is 6.88. The Morgan fingerprint density at radius 1 is 1.00 bits per heavy atom. The van der Waals surface area contributed by atoms with E-state index in [4.69, 9.17) is 19.0 Å². The molecule has 244 valence electrons. The fraction of sp³-hybridized carbons (Fsp3) is 0.281. The van der Waals surface area contributed by atoms with Gasteiger partial charge in [-0.25, -0.2) is 14.6 Å². The van der Waals surface area contributed by atoms with Crippen molar-refractivity contribution in [3.8, 4) is 0 Å². The second-order valence-corrected chi connectivity index (χ2v) is 11.9. The number of carbonyl (C=O) groups excluding carboxylic acids is 5. The van der Waals surface area contributed by atoms with Crippen molar-refractivity contribution in [3.63, 3.8) is 0 Å². The van der Waals surface area contributed by atoms with Crippen molar-refractivity contribution >= 4 is 58.5 Å². The first-order valence-electron chi connectivity index (χ1n) is 14.5. The van der Waals surface area contributed by atoms with Crippen LogP contribution in [0.3, 0.4) is 0 Å². The van der Waals surface area contributed by atoms with Gasteiger partial charge in [-0.15, -0.1) is 23.1 Å². The van der Waals surface area contributed by atoms with Crippen LogP contribution in [-0.4, -0.2) is 75.4 Å². The van der Waals surface area contributed by atoms with Gasteiger partial charge in [0.2, 0.25) is 12.9 Å². The molecule has 3 atom stereocenters. The lowest BCUT2D eigenvalue weighted by Gasteiger charge is -2.48. The van der Waals surface area contributed by atoms with Crippen LogP contribution in [-0.2, 0) is 43.0 Å². The van der Waals surface area contributed by atoms with Crippen molar-refractivity contribution < 1.29 is 43.0 Å². The third kappa shape index (κ3) is 8.04. The molecule has 0 spiro atoms. The number of esters is 3. The van der Waals surface area contributed by atoms with E-state index >= 15 is 0 Å². The summed E-state index contributed by atoms with van der Waals surface area (Å²) in [5.74, 6) is -3.06. The number of ether oxygens (including phenoxy) is 3. The molecule has 2 aliphatic rings. The minimum atomic E-state index is -1.15. The zero-order valence-corrected chi connectivity index (χ0v) is 26.9. The number of thioether (sulfide) groups is 1. The van der Waals surface area contributed by atoms with Gasteiger partial charge in [0.05, 0.1) is 5.51 Å². The summed E-state index contributed by atoms with van der Waals surface area (Å²) in [7, 11) is 0. The monoisotopic (exact) mass is 678 g/mol. The minimum Gasteiger partial charge on any atom is -0.450 e. The first kappa shape index (κ1) is 33.3. The molecule has 5 rings (SSSR count). The molecule has 1 saturated heterocycles. The molecule has 13 nitrogen and oxygen atoms in total. The molecule has 47 heavy (non-hydrogen) atoms. The number of carbonyl (C=O) groups is 5. The summed E-state index contributed by atoms with van der Waals surface area (Å²) in [4.78, 5) is 74.2. The number of oxime groups is 1. The summed E-state index contributed by atoms with van der Waals surface area (Å²) in [6, 6.07) is 17.4. The molecule has 0 radical (unpaired) electrons. The summed E-state index contributed by atoms with van der Waals surface area (Å²) in [5.41, 5.74) is 2.92. The van der Waals surface area contributed by atoms with Gasteiger partial charge >= 0.3 is 17.9 Å². The molecule has 2 aliphatic heterocycles. The molecule has 1 fully saturated rings. The number of fused-ring (bicyclic) bond motifs is 1. The Kier molecular flexibility index (Phi) is 11.0. The highest BCUT2D eigenvalue weighted by atomic mass is 32.2. The molecule has 2 aromatic carbocycles. The van der Waals surface area contributed by atoms with Gasteiger partial charge in [0.25, 0.3) is 11.8 Å². The van der Waals surface area contributed by atoms with Crippen LogP contribution in [0.2, 0.25) is 0 Å². The average Bonchev–Trinajstić information content (AvgIpc) is 3.62. The topological polar surface area (TPSA) is 163 Å². The SMILES string of the molecule is CCC(=O)OC(C)OC(=O)C1=CCS[C@H]2C(NC(=O)C(=NOCC(=O)OC(c3ccccc3)c3ccccc3)c3cscn3)C(=O)N12. The molecule has 0 saturated carbocycles. The molecular formula is C32H30N4O9S2. The molecule has 0 aliphatic carbocycles. The van der Waals surface area contributed by atoms with E-state index in [1.165, 1.54) is 46.5 Å². The molecular weight excluding hydrogens is 649 g/mol. The van der Waals surface area contributed by atoms with Crippen LogP contribution in [0, 0.1) is 0 Å². The third-order valence-corrected chi connectivity index (χ3v) is 8.65. The van der Waals surface area contributed by atoms with Crippen LogP contribution in [0.25, 0.3) is 0 Å². The number of rotatable bonds is 13. The van der Waals surface area contributed by atoms with Crippen molar-refractivity contribution in [1.82, 2.24) is 15.2 Å². The number of hydrogen-bond donors (Lipinski definition) is 1.